The van der Waals surface area contributed by atoms with Gasteiger partial charge in [-0.1, -0.05) is 11.6 Å². The molecule has 0 saturated carbocycles. The minimum Gasteiger partial charge on any atom is -0.406 e. The quantitative estimate of drug-likeness (QED) is 0.614. The molecule has 1 amide bonds. The number of carbonyl (C=O) groups is 1. The fraction of sp³-hybridized carbons (Fsp3) is 0.0588. The maximum atomic E-state index is 13.6. The molecule has 0 aliphatic rings. The summed E-state index contributed by atoms with van der Waals surface area (Å²) in [6.07, 6.45) is -5.37. The van der Waals surface area contributed by atoms with Gasteiger partial charge in [-0.3, -0.25) is 5.32 Å². The van der Waals surface area contributed by atoms with Crippen LogP contribution in [0.1, 0.15) is 5.69 Å². The monoisotopic (exact) mass is 460 g/mol. The highest BCUT2D eigenvalue weighted by Gasteiger charge is 2.40. The topological polar surface area (TPSA) is 116 Å². The van der Waals surface area contributed by atoms with Crippen molar-refractivity contribution in [3.8, 4) is 11.4 Å². The molecule has 2 aromatic carbocycles. The Labute approximate surface area is 173 Å². The first-order chi connectivity index (χ1) is 13.9. The van der Waals surface area contributed by atoms with E-state index in [4.69, 9.17) is 21.5 Å². The molecule has 0 bridgehead atoms. The number of hydrogen-bond donors (Lipinski definition) is 2. The van der Waals surface area contributed by atoms with Gasteiger partial charge in [-0.05, 0) is 48.5 Å². The Hall–Kier alpha value is -3.09. The van der Waals surface area contributed by atoms with E-state index in [1.807, 2.05) is 0 Å². The predicted molar refractivity (Wildman–Crippen MR) is 101 cm³/mol. The summed E-state index contributed by atoms with van der Waals surface area (Å²) in [6, 6.07) is 10.0. The maximum absolute atomic E-state index is 13.6. The van der Waals surface area contributed by atoms with Gasteiger partial charge in [-0.15, -0.1) is 0 Å². The normalized spacial score (nSPS) is 11.9. The number of nitrogens with two attached hydrogens (primary N) is 1. The SMILES string of the molecule is NS(=O)(=O)c1ccc(NC(=O)Oc2cnn(-c3ccc(Cl)cc3)c2C(F)(F)F)cc1. The second-order valence-electron chi connectivity index (χ2n) is 5.83. The van der Waals surface area contributed by atoms with Gasteiger partial charge in [-0.25, -0.2) is 23.0 Å². The minimum atomic E-state index is -4.89. The zero-order chi connectivity index (χ0) is 22.1. The van der Waals surface area contributed by atoms with Gasteiger partial charge in [-0.2, -0.15) is 18.3 Å². The smallest absolute Gasteiger partial charge is 0.406 e. The highest BCUT2D eigenvalue weighted by atomic mass is 35.5. The van der Waals surface area contributed by atoms with Crippen molar-refractivity contribution in [2.75, 3.05) is 5.32 Å². The molecule has 158 valence electrons. The number of benzene rings is 2. The van der Waals surface area contributed by atoms with E-state index in [-0.39, 0.29) is 16.3 Å². The lowest BCUT2D eigenvalue weighted by Gasteiger charge is -2.13. The van der Waals surface area contributed by atoms with E-state index in [1.165, 1.54) is 36.4 Å². The summed E-state index contributed by atoms with van der Waals surface area (Å²) in [5.41, 5.74) is -1.17. The number of rotatable bonds is 4. The Morgan fingerprint density at radius 2 is 1.70 bits per heavy atom. The van der Waals surface area contributed by atoms with Crippen LogP contribution in [-0.4, -0.2) is 24.3 Å². The van der Waals surface area contributed by atoms with E-state index in [1.54, 1.807) is 0 Å². The lowest BCUT2D eigenvalue weighted by atomic mass is 10.3. The molecule has 0 spiro atoms. The molecule has 30 heavy (non-hydrogen) atoms. The van der Waals surface area contributed by atoms with Crippen LogP contribution < -0.4 is 15.2 Å². The molecule has 1 heterocycles. The number of sulfonamides is 1. The summed E-state index contributed by atoms with van der Waals surface area (Å²) in [6.45, 7) is 0. The number of ether oxygens (including phenoxy) is 1. The van der Waals surface area contributed by atoms with Gasteiger partial charge < -0.3 is 4.74 Å². The molecule has 0 saturated heterocycles. The molecule has 8 nitrogen and oxygen atoms in total. The lowest BCUT2D eigenvalue weighted by molar-refractivity contribution is -0.143. The second-order valence-corrected chi connectivity index (χ2v) is 7.83. The van der Waals surface area contributed by atoms with Crippen LogP contribution in [0.3, 0.4) is 0 Å². The van der Waals surface area contributed by atoms with E-state index in [0.717, 1.165) is 18.3 Å². The fourth-order valence-corrected chi connectivity index (χ4v) is 3.06. The van der Waals surface area contributed by atoms with Gasteiger partial charge >= 0.3 is 12.3 Å². The largest absolute Gasteiger partial charge is 0.437 e. The summed E-state index contributed by atoms with van der Waals surface area (Å²) in [7, 11) is -3.93. The molecule has 3 N–H and O–H groups in total. The lowest BCUT2D eigenvalue weighted by Crippen LogP contribution is -2.20. The maximum Gasteiger partial charge on any atom is 0.437 e. The number of alkyl halides is 3. The summed E-state index contributed by atoms with van der Waals surface area (Å²) < 4.78 is 68.5. The van der Waals surface area contributed by atoms with Crippen LogP contribution in [0.2, 0.25) is 5.02 Å². The Bertz CT molecular complexity index is 1180. The standard InChI is InChI=1S/C17H12ClF3N4O4S/c18-10-1-5-12(6-2-10)25-15(17(19,20)21)14(9-23-25)29-16(26)24-11-3-7-13(8-4-11)30(22,27)28/h1-9H,(H,24,26)(H2,22,27,28). The van der Waals surface area contributed by atoms with E-state index in [0.29, 0.717) is 9.70 Å². The van der Waals surface area contributed by atoms with Crippen molar-refractivity contribution in [3.05, 3.63) is 65.4 Å². The molecule has 0 unspecified atom stereocenters. The molecule has 3 aromatic rings. The number of carbonyl (C=O) groups excluding carboxylic acids is 1. The average molecular weight is 461 g/mol. The third-order valence-electron chi connectivity index (χ3n) is 3.71. The molecule has 0 aliphatic heterocycles. The number of halogens is 4. The number of nitrogens with one attached hydrogen (secondary N) is 1. The van der Waals surface area contributed by atoms with Crippen molar-refractivity contribution in [3.63, 3.8) is 0 Å². The van der Waals surface area contributed by atoms with Gasteiger partial charge in [0.2, 0.25) is 10.0 Å². The number of anilines is 1. The van der Waals surface area contributed by atoms with Crippen molar-refractivity contribution in [2.45, 2.75) is 11.1 Å². The Morgan fingerprint density at radius 3 is 2.23 bits per heavy atom. The predicted octanol–water partition coefficient (Wildman–Crippen LogP) is 3.80. The van der Waals surface area contributed by atoms with Gasteiger partial charge in [0.1, 0.15) is 0 Å². The molecular weight excluding hydrogens is 449 g/mol. The first kappa shape index (κ1) is 21.6. The number of hydrogen-bond acceptors (Lipinski definition) is 5. The Balaban J connectivity index is 1.84. The number of amides is 1. The van der Waals surface area contributed by atoms with E-state index < -0.39 is 33.7 Å². The van der Waals surface area contributed by atoms with Gasteiger partial charge in [0, 0.05) is 10.7 Å². The molecule has 0 atom stereocenters. The number of nitrogens with zero attached hydrogens (tertiary/aromatic N) is 2. The zero-order valence-corrected chi connectivity index (χ0v) is 16.3. The molecule has 0 radical (unpaired) electrons. The third kappa shape index (κ3) is 4.90. The Kier molecular flexibility index (Phi) is 5.74. The van der Waals surface area contributed by atoms with Crippen LogP contribution in [0.25, 0.3) is 5.69 Å². The summed E-state index contributed by atoms with van der Waals surface area (Å²) >= 11 is 5.74. The summed E-state index contributed by atoms with van der Waals surface area (Å²) in [5.74, 6) is -0.823. The minimum absolute atomic E-state index is 0.0561. The number of aromatic nitrogens is 2. The molecule has 0 aliphatic carbocycles. The van der Waals surface area contributed by atoms with Crippen molar-refractivity contribution in [1.29, 1.82) is 0 Å². The van der Waals surface area contributed by atoms with Crippen molar-refractivity contribution >= 4 is 33.4 Å². The van der Waals surface area contributed by atoms with Crippen molar-refractivity contribution < 1.29 is 31.1 Å². The summed E-state index contributed by atoms with van der Waals surface area (Å²) in [5, 5.41) is 11.1. The molecule has 1 aromatic heterocycles. The highest BCUT2D eigenvalue weighted by molar-refractivity contribution is 7.89. The van der Waals surface area contributed by atoms with Crippen molar-refractivity contribution in [2.24, 2.45) is 5.14 Å². The van der Waals surface area contributed by atoms with Crippen LogP contribution in [0.5, 0.6) is 5.75 Å². The summed E-state index contributed by atoms with van der Waals surface area (Å²) in [4.78, 5) is 11.8. The highest BCUT2D eigenvalue weighted by Crippen LogP contribution is 2.37. The average Bonchev–Trinajstić information content (AvgIpc) is 3.05. The van der Waals surface area contributed by atoms with E-state index >= 15 is 0 Å². The third-order valence-corrected chi connectivity index (χ3v) is 4.89. The second kappa shape index (κ2) is 7.97. The fourth-order valence-electron chi connectivity index (χ4n) is 2.42. The van der Waals surface area contributed by atoms with Crippen LogP contribution in [0, 0.1) is 0 Å². The van der Waals surface area contributed by atoms with Gasteiger partial charge in [0.15, 0.2) is 11.4 Å². The van der Waals surface area contributed by atoms with Gasteiger partial charge in [0.05, 0.1) is 16.8 Å². The molecule has 3 rings (SSSR count). The first-order valence-corrected chi connectivity index (χ1v) is 9.90. The zero-order valence-electron chi connectivity index (χ0n) is 14.7. The van der Waals surface area contributed by atoms with E-state index in [2.05, 4.69) is 10.4 Å². The van der Waals surface area contributed by atoms with Crippen LogP contribution in [-0.2, 0) is 16.2 Å². The van der Waals surface area contributed by atoms with Crippen LogP contribution in [0.4, 0.5) is 23.7 Å². The van der Waals surface area contributed by atoms with Crippen molar-refractivity contribution in [1.82, 2.24) is 9.78 Å². The Morgan fingerprint density at radius 1 is 1.10 bits per heavy atom. The van der Waals surface area contributed by atoms with Crippen LogP contribution in [0.15, 0.2) is 59.6 Å². The van der Waals surface area contributed by atoms with E-state index in [9.17, 15) is 26.4 Å². The van der Waals surface area contributed by atoms with Crippen LogP contribution >= 0.6 is 11.6 Å². The molecule has 13 heteroatoms. The van der Waals surface area contributed by atoms with Gasteiger partial charge in [0.25, 0.3) is 0 Å². The first-order valence-electron chi connectivity index (χ1n) is 7.98. The molecular formula is C17H12ClF3N4O4S. The molecule has 0 fully saturated rings. The number of primary sulfonamides is 1.